The molecule has 3 aromatic rings. The molecule has 0 unspecified atom stereocenters. The first kappa shape index (κ1) is 19.1. The van der Waals surface area contributed by atoms with E-state index in [1.807, 2.05) is 42.5 Å². The molecule has 2 N–H and O–H groups in total. The summed E-state index contributed by atoms with van der Waals surface area (Å²) in [6, 6.07) is 13.8. The maximum Gasteiger partial charge on any atom is 0.257 e. The van der Waals surface area contributed by atoms with Crippen molar-refractivity contribution in [2.45, 2.75) is 32.7 Å². The second-order valence-corrected chi connectivity index (χ2v) is 8.43. The van der Waals surface area contributed by atoms with Crippen molar-refractivity contribution in [1.82, 2.24) is 10.3 Å². The number of rotatable bonds is 5. The minimum absolute atomic E-state index is 0.101. The Kier molecular flexibility index (Phi) is 5.76. The Labute approximate surface area is 174 Å². The van der Waals surface area contributed by atoms with E-state index in [-0.39, 0.29) is 5.91 Å². The molecule has 0 aliphatic carbocycles. The molecule has 1 aliphatic rings. The van der Waals surface area contributed by atoms with Gasteiger partial charge in [0.1, 0.15) is 0 Å². The number of thiazole rings is 1. The van der Waals surface area contributed by atoms with Crippen molar-refractivity contribution in [3.05, 3.63) is 80.3 Å². The van der Waals surface area contributed by atoms with Crippen molar-refractivity contribution in [2.24, 2.45) is 0 Å². The van der Waals surface area contributed by atoms with E-state index in [4.69, 9.17) is 11.6 Å². The fourth-order valence-electron chi connectivity index (χ4n) is 3.43. The van der Waals surface area contributed by atoms with Gasteiger partial charge in [0.2, 0.25) is 0 Å². The predicted molar refractivity (Wildman–Crippen MR) is 116 cm³/mol. The van der Waals surface area contributed by atoms with Crippen LogP contribution in [-0.2, 0) is 25.8 Å². The summed E-state index contributed by atoms with van der Waals surface area (Å²) < 4.78 is 0. The molecular formula is C22H22ClN3OS. The van der Waals surface area contributed by atoms with Gasteiger partial charge >= 0.3 is 0 Å². The van der Waals surface area contributed by atoms with E-state index in [2.05, 4.69) is 22.5 Å². The maximum atomic E-state index is 12.7. The van der Waals surface area contributed by atoms with Crippen LogP contribution in [-0.4, -0.2) is 17.4 Å². The lowest BCUT2D eigenvalue weighted by atomic mass is 9.98. The van der Waals surface area contributed by atoms with Crippen LogP contribution in [0.15, 0.2) is 42.5 Å². The summed E-state index contributed by atoms with van der Waals surface area (Å²) in [6.45, 7) is 3.92. The highest BCUT2D eigenvalue weighted by molar-refractivity contribution is 7.15. The Bertz CT molecular complexity index is 998. The van der Waals surface area contributed by atoms with E-state index < -0.39 is 0 Å². The minimum Gasteiger partial charge on any atom is -0.312 e. The van der Waals surface area contributed by atoms with E-state index in [1.54, 1.807) is 11.3 Å². The van der Waals surface area contributed by atoms with Crippen molar-refractivity contribution >= 4 is 34.0 Å². The van der Waals surface area contributed by atoms with E-state index >= 15 is 0 Å². The Morgan fingerprint density at radius 1 is 1.21 bits per heavy atom. The second-order valence-electron chi connectivity index (χ2n) is 6.91. The van der Waals surface area contributed by atoms with Gasteiger partial charge in [-0.3, -0.25) is 10.1 Å². The van der Waals surface area contributed by atoms with E-state index in [9.17, 15) is 4.79 Å². The summed E-state index contributed by atoms with van der Waals surface area (Å²) in [5.74, 6) is -0.101. The predicted octanol–water partition coefficient (Wildman–Crippen LogP) is 4.85. The molecule has 28 heavy (non-hydrogen) atoms. The summed E-state index contributed by atoms with van der Waals surface area (Å²) in [7, 11) is 0. The Balaban J connectivity index is 1.50. The summed E-state index contributed by atoms with van der Waals surface area (Å²) >= 11 is 7.53. The molecule has 0 saturated carbocycles. The lowest BCUT2D eigenvalue weighted by Crippen LogP contribution is -2.24. The monoisotopic (exact) mass is 411 g/mol. The van der Waals surface area contributed by atoms with Crippen LogP contribution in [0.25, 0.3) is 0 Å². The van der Waals surface area contributed by atoms with E-state index in [1.165, 1.54) is 21.6 Å². The number of hydrogen-bond donors (Lipinski definition) is 2. The van der Waals surface area contributed by atoms with Gasteiger partial charge in [0.25, 0.3) is 5.91 Å². The molecule has 2 heterocycles. The first-order chi connectivity index (χ1) is 13.6. The van der Waals surface area contributed by atoms with E-state index in [0.717, 1.165) is 43.1 Å². The molecule has 144 valence electrons. The molecule has 0 saturated heterocycles. The van der Waals surface area contributed by atoms with Crippen LogP contribution in [0.3, 0.4) is 0 Å². The van der Waals surface area contributed by atoms with Crippen LogP contribution >= 0.6 is 22.9 Å². The van der Waals surface area contributed by atoms with Crippen LogP contribution < -0.4 is 10.6 Å². The number of aryl methyl sites for hydroxylation is 1. The molecule has 0 spiro atoms. The zero-order valence-corrected chi connectivity index (χ0v) is 17.3. The summed E-state index contributed by atoms with van der Waals surface area (Å²) in [5, 5.41) is 7.73. The molecular weight excluding hydrogens is 390 g/mol. The summed E-state index contributed by atoms with van der Waals surface area (Å²) in [5.41, 5.74) is 5.43. The van der Waals surface area contributed by atoms with Crippen molar-refractivity contribution in [3.63, 3.8) is 0 Å². The third-order valence-electron chi connectivity index (χ3n) is 4.97. The van der Waals surface area contributed by atoms with Crippen LogP contribution in [0, 0.1) is 0 Å². The van der Waals surface area contributed by atoms with Crippen LogP contribution in [0.1, 0.15) is 44.5 Å². The number of halogens is 1. The number of carbonyl (C=O) groups is 1. The van der Waals surface area contributed by atoms with Gasteiger partial charge in [-0.05, 0) is 60.3 Å². The third-order valence-corrected chi connectivity index (χ3v) is 6.23. The smallest absolute Gasteiger partial charge is 0.257 e. The molecule has 6 heteroatoms. The topological polar surface area (TPSA) is 54.0 Å². The van der Waals surface area contributed by atoms with Gasteiger partial charge in [0, 0.05) is 28.4 Å². The van der Waals surface area contributed by atoms with Crippen LogP contribution in [0.5, 0.6) is 0 Å². The number of amides is 1. The molecule has 0 bridgehead atoms. The molecule has 1 aliphatic heterocycles. The van der Waals surface area contributed by atoms with Crippen molar-refractivity contribution < 1.29 is 4.79 Å². The largest absolute Gasteiger partial charge is 0.312 e. The molecule has 0 atom stereocenters. The van der Waals surface area contributed by atoms with Crippen molar-refractivity contribution in [1.29, 1.82) is 0 Å². The Morgan fingerprint density at radius 3 is 2.82 bits per heavy atom. The number of carbonyl (C=O) groups excluding carboxylic acids is 1. The molecule has 1 aromatic heterocycles. The Morgan fingerprint density at radius 2 is 2.04 bits per heavy atom. The summed E-state index contributed by atoms with van der Waals surface area (Å²) in [4.78, 5) is 18.6. The molecule has 0 radical (unpaired) electrons. The molecule has 4 rings (SSSR count). The number of benzene rings is 2. The highest BCUT2D eigenvalue weighted by Crippen LogP contribution is 2.27. The fourth-order valence-corrected chi connectivity index (χ4v) is 4.63. The lowest BCUT2D eigenvalue weighted by Gasteiger charge is -2.17. The number of nitrogens with zero attached hydrogens (tertiary/aromatic N) is 1. The normalized spacial score (nSPS) is 13.2. The zero-order valence-electron chi connectivity index (χ0n) is 15.7. The van der Waals surface area contributed by atoms with Gasteiger partial charge < -0.3 is 5.32 Å². The van der Waals surface area contributed by atoms with E-state index in [0.29, 0.717) is 10.7 Å². The Hall–Kier alpha value is -2.21. The van der Waals surface area contributed by atoms with Gasteiger partial charge in [-0.2, -0.15) is 0 Å². The first-order valence-electron chi connectivity index (χ1n) is 9.49. The average Bonchev–Trinajstić information content (AvgIpc) is 3.10. The third kappa shape index (κ3) is 4.27. The van der Waals surface area contributed by atoms with Crippen molar-refractivity contribution in [3.8, 4) is 0 Å². The maximum absolute atomic E-state index is 12.7. The lowest BCUT2D eigenvalue weighted by molar-refractivity contribution is 0.102. The fraction of sp³-hybridized carbons (Fsp3) is 0.273. The first-order valence-corrected chi connectivity index (χ1v) is 10.7. The number of aromatic nitrogens is 1. The average molecular weight is 412 g/mol. The molecule has 1 amide bonds. The highest BCUT2D eigenvalue weighted by atomic mass is 35.5. The number of nitrogens with one attached hydrogen (secondary N) is 2. The molecule has 4 nitrogen and oxygen atoms in total. The molecule has 2 aromatic carbocycles. The second kappa shape index (κ2) is 8.43. The summed E-state index contributed by atoms with van der Waals surface area (Å²) in [6.07, 6.45) is 2.58. The standard InChI is InChI=1S/C22H22ClN3OS/c1-2-19-20(11-14-3-7-18(23)8-4-14)28-22(25-19)26-21(27)16-5-6-17-13-24-10-9-15(17)12-16/h3-8,12,24H,2,9-11,13H2,1H3,(H,25,26,27). The zero-order chi connectivity index (χ0) is 19.5. The van der Waals surface area contributed by atoms with Gasteiger partial charge in [-0.1, -0.05) is 36.7 Å². The number of hydrogen-bond acceptors (Lipinski definition) is 4. The highest BCUT2D eigenvalue weighted by Gasteiger charge is 2.16. The van der Waals surface area contributed by atoms with Gasteiger partial charge in [0.05, 0.1) is 5.69 Å². The van der Waals surface area contributed by atoms with Gasteiger partial charge in [-0.25, -0.2) is 4.98 Å². The number of fused-ring (bicyclic) bond motifs is 1. The number of anilines is 1. The van der Waals surface area contributed by atoms with Gasteiger partial charge in [0.15, 0.2) is 5.13 Å². The SMILES string of the molecule is CCc1nc(NC(=O)c2ccc3c(c2)CCNC3)sc1Cc1ccc(Cl)cc1. The van der Waals surface area contributed by atoms with Crippen LogP contribution in [0.4, 0.5) is 5.13 Å². The van der Waals surface area contributed by atoms with Gasteiger partial charge in [-0.15, -0.1) is 11.3 Å². The minimum atomic E-state index is -0.101. The quantitative estimate of drug-likeness (QED) is 0.631. The van der Waals surface area contributed by atoms with Crippen molar-refractivity contribution in [2.75, 3.05) is 11.9 Å². The van der Waals surface area contributed by atoms with Crippen LogP contribution in [0.2, 0.25) is 5.02 Å². The molecule has 0 fully saturated rings.